The van der Waals surface area contributed by atoms with Crippen molar-refractivity contribution in [1.82, 2.24) is 10.2 Å². The van der Waals surface area contributed by atoms with Gasteiger partial charge in [-0.2, -0.15) is 0 Å². The van der Waals surface area contributed by atoms with Gasteiger partial charge in [0.05, 0.1) is 0 Å². The fourth-order valence-corrected chi connectivity index (χ4v) is 2.32. The van der Waals surface area contributed by atoms with Gasteiger partial charge in [-0.05, 0) is 43.8 Å². The minimum atomic E-state index is -0.271. The highest BCUT2D eigenvalue weighted by Gasteiger charge is 2.18. The van der Waals surface area contributed by atoms with Crippen molar-refractivity contribution in [2.75, 3.05) is 20.1 Å². The first-order valence-electron chi connectivity index (χ1n) is 5.50. The summed E-state index contributed by atoms with van der Waals surface area (Å²) in [5, 5.41) is 3.87. The summed E-state index contributed by atoms with van der Waals surface area (Å²) in [7, 11) is 2.11. The van der Waals surface area contributed by atoms with E-state index in [0.717, 1.165) is 25.1 Å². The number of hydrogen-bond donors (Lipinski definition) is 1. The third kappa shape index (κ3) is 3.17. The highest BCUT2D eigenvalue weighted by molar-refractivity contribution is 6.30. The molecule has 16 heavy (non-hydrogen) atoms. The molecule has 0 bridgehead atoms. The number of nitrogens with one attached hydrogen (secondary N) is 1. The molecule has 1 aliphatic rings. The molecule has 1 aliphatic heterocycles. The molecule has 1 unspecified atom stereocenters. The summed E-state index contributed by atoms with van der Waals surface area (Å²) in [5.74, 6) is -0.271. The van der Waals surface area contributed by atoms with Crippen molar-refractivity contribution in [2.45, 2.75) is 19.0 Å². The fourth-order valence-electron chi connectivity index (χ4n) is 2.08. The second kappa shape index (κ2) is 5.13. The number of likely N-dealkylation sites (tertiary alicyclic amines) is 1. The summed E-state index contributed by atoms with van der Waals surface area (Å²) in [6.07, 6.45) is 1.15. The van der Waals surface area contributed by atoms with E-state index in [-0.39, 0.29) is 5.82 Å². The molecule has 88 valence electrons. The maximum atomic E-state index is 13.1. The molecule has 2 nitrogen and oxygen atoms in total. The van der Waals surface area contributed by atoms with Gasteiger partial charge in [0.2, 0.25) is 0 Å². The normalized spacial score (nSPS) is 21.6. The van der Waals surface area contributed by atoms with Gasteiger partial charge in [0, 0.05) is 24.2 Å². The molecular formula is C12H16ClFN2. The molecule has 1 N–H and O–H groups in total. The van der Waals surface area contributed by atoms with Gasteiger partial charge in [-0.1, -0.05) is 11.6 Å². The Labute approximate surface area is 100 Å². The van der Waals surface area contributed by atoms with Crippen molar-refractivity contribution >= 4 is 11.6 Å². The molecule has 2 rings (SSSR count). The zero-order valence-electron chi connectivity index (χ0n) is 9.34. The number of benzene rings is 1. The molecule has 1 aromatic rings. The van der Waals surface area contributed by atoms with Crippen molar-refractivity contribution in [3.05, 3.63) is 34.6 Å². The minimum Gasteiger partial charge on any atom is -0.309 e. The largest absolute Gasteiger partial charge is 0.309 e. The predicted octanol–water partition coefficient (Wildman–Crippen LogP) is 2.27. The molecule has 0 aliphatic carbocycles. The molecule has 1 heterocycles. The maximum absolute atomic E-state index is 13.1. The minimum absolute atomic E-state index is 0.271. The van der Waals surface area contributed by atoms with Gasteiger partial charge in [-0.3, -0.25) is 0 Å². The molecule has 0 aromatic heterocycles. The second-order valence-electron chi connectivity index (χ2n) is 4.41. The first-order chi connectivity index (χ1) is 7.63. The molecule has 0 amide bonds. The average molecular weight is 243 g/mol. The number of nitrogens with zero attached hydrogens (tertiary/aromatic N) is 1. The lowest BCUT2D eigenvalue weighted by Crippen LogP contribution is -2.30. The highest BCUT2D eigenvalue weighted by Crippen LogP contribution is 2.14. The zero-order valence-corrected chi connectivity index (χ0v) is 10.1. The molecule has 4 heteroatoms. The summed E-state index contributed by atoms with van der Waals surface area (Å²) in [4.78, 5) is 2.29. The van der Waals surface area contributed by atoms with Crippen LogP contribution in [-0.4, -0.2) is 31.1 Å². The van der Waals surface area contributed by atoms with E-state index in [1.54, 1.807) is 6.07 Å². The van der Waals surface area contributed by atoms with E-state index < -0.39 is 0 Å². The maximum Gasteiger partial charge on any atom is 0.125 e. The second-order valence-corrected chi connectivity index (χ2v) is 4.84. The molecule has 1 fully saturated rings. The van der Waals surface area contributed by atoms with Crippen molar-refractivity contribution in [3.8, 4) is 0 Å². The molecule has 0 radical (unpaired) electrons. The van der Waals surface area contributed by atoms with E-state index in [1.807, 2.05) is 0 Å². The molecule has 0 saturated carbocycles. The van der Waals surface area contributed by atoms with Crippen LogP contribution in [0, 0.1) is 5.82 Å². The van der Waals surface area contributed by atoms with Crippen molar-refractivity contribution in [1.29, 1.82) is 0 Å². The van der Waals surface area contributed by atoms with Crippen LogP contribution in [0.5, 0.6) is 0 Å². The van der Waals surface area contributed by atoms with Gasteiger partial charge in [-0.25, -0.2) is 4.39 Å². The quantitative estimate of drug-likeness (QED) is 0.875. The van der Waals surface area contributed by atoms with Crippen molar-refractivity contribution in [2.24, 2.45) is 0 Å². The van der Waals surface area contributed by atoms with Crippen LogP contribution in [0.2, 0.25) is 5.02 Å². The molecule has 0 spiro atoms. The van der Waals surface area contributed by atoms with E-state index in [1.165, 1.54) is 12.1 Å². The molecular weight excluding hydrogens is 227 g/mol. The van der Waals surface area contributed by atoms with Crippen LogP contribution in [-0.2, 0) is 6.54 Å². The summed E-state index contributed by atoms with van der Waals surface area (Å²) < 4.78 is 13.1. The van der Waals surface area contributed by atoms with Crippen LogP contribution in [0.25, 0.3) is 0 Å². The Morgan fingerprint density at radius 2 is 2.31 bits per heavy atom. The Kier molecular flexibility index (Phi) is 3.79. The van der Waals surface area contributed by atoms with Crippen LogP contribution in [0.3, 0.4) is 0 Å². The molecule has 1 aromatic carbocycles. The number of likely N-dealkylation sites (N-methyl/N-ethyl adjacent to an activating group) is 1. The van der Waals surface area contributed by atoms with Gasteiger partial charge in [0.15, 0.2) is 0 Å². The number of halogens is 2. The number of rotatable bonds is 3. The molecule has 1 atom stereocenters. The van der Waals surface area contributed by atoms with Crippen LogP contribution in [0.15, 0.2) is 18.2 Å². The van der Waals surface area contributed by atoms with E-state index in [9.17, 15) is 4.39 Å². The van der Waals surface area contributed by atoms with Crippen LogP contribution < -0.4 is 5.32 Å². The van der Waals surface area contributed by atoms with E-state index in [2.05, 4.69) is 17.3 Å². The summed E-state index contributed by atoms with van der Waals surface area (Å²) >= 11 is 5.79. The van der Waals surface area contributed by atoms with Gasteiger partial charge >= 0.3 is 0 Å². The Hall–Kier alpha value is -0.640. The Morgan fingerprint density at radius 1 is 1.50 bits per heavy atom. The smallest absolute Gasteiger partial charge is 0.125 e. The van der Waals surface area contributed by atoms with Gasteiger partial charge in [0.25, 0.3) is 0 Å². The summed E-state index contributed by atoms with van der Waals surface area (Å²) in [5.41, 5.74) is 0.902. The Balaban J connectivity index is 1.89. The lowest BCUT2D eigenvalue weighted by atomic mass is 10.2. The summed E-state index contributed by atoms with van der Waals surface area (Å²) in [6, 6.07) is 5.16. The first-order valence-corrected chi connectivity index (χ1v) is 5.88. The van der Waals surface area contributed by atoms with Crippen LogP contribution in [0.4, 0.5) is 4.39 Å². The standard InChI is InChI=1S/C12H16ClFN2/c1-16-3-2-12(8-16)15-7-9-4-10(13)6-11(14)5-9/h4-6,12,15H,2-3,7-8H2,1H3. The zero-order chi connectivity index (χ0) is 11.5. The van der Waals surface area contributed by atoms with Crippen LogP contribution >= 0.6 is 11.6 Å². The predicted molar refractivity (Wildman–Crippen MR) is 64.2 cm³/mol. The average Bonchev–Trinajstić information content (AvgIpc) is 2.60. The molecule has 1 saturated heterocycles. The SMILES string of the molecule is CN1CCC(NCc2cc(F)cc(Cl)c2)C1. The van der Waals surface area contributed by atoms with E-state index >= 15 is 0 Å². The van der Waals surface area contributed by atoms with Crippen molar-refractivity contribution < 1.29 is 4.39 Å². The monoisotopic (exact) mass is 242 g/mol. The van der Waals surface area contributed by atoms with E-state index in [0.29, 0.717) is 17.6 Å². The Bertz CT molecular complexity index is 350. The third-order valence-electron chi connectivity index (χ3n) is 2.91. The van der Waals surface area contributed by atoms with Crippen LogP contribution in [0.1, 0.15) is 12.0 Å². The lowest BCUT2D eigenvalue weighted by Gasteiger charge is -2.12. The Morgan fingerprint density at radius 3 is 2.94 bits per heavy atom. The fraction of sp³-hybridized carbons (Fsp3) is 0.500. The third-order valence-corrected chi connectivity index (χ3v) is 3.13. The van der Waals surface area contributed by atoms with E-state index in [4.69, 9.17) is 11.6 Å². The highest BCUT2D eigenvalue weighted by atomic mass is 35.5. The topological polar surface area (TPSA) is 15.3 Å². The summed E-state index contributed by atoms with van der Waals surface area (Å²) in [6.45, 7) is 2.86. The first kappa shape index (κ1) is 11.8. The van der Waals surface area contributed by atoms with Gasteiger partial charge in [-0.15, -0.1) is 0 Å². The van der Waals surface area contributed by atoms with Gasteiger partial charge < -0.3 is 10.2 Å². The lowest BCUT2D eigenvalue weighted by molar-refractivity contribution is 0.397. The number of hydrogen-bond acceptors (Lipinski definition) is 2. The van der Waals surface area contributed by atoms with Gasteiger partial charge in [0.1, 0.15) is 5.82 Å². The van der Waals surface area contributed by atoms with Crippen molar-refractivity contribution in [3.63, 3.8) is 0 Å².